The fraction of sp³-hybridized carbons (Fsp3) is 0.444. The number of carboxylic acid groups (broad SMARTS) is 1. The van der Waals surface area contributed by atoms with Crippen LogP contribution in [0.25, 0.3) is 0 Å². The number of piperidine rings is 1. The summed E-state index contributed by atoms with van der Waals surface area (Å²) >= 11 is 0. The predicted octanol–water partition coefficient (Wildman–Crippen LogP) is 1.70. The molecule has 2 aliphatic rings. The molecule has 3 atom stereocenters. The number of carbonyl (C=O) groups is 1. The Kier molecular flexibility index (Phi) is 3.76. The lowest BCUT2D eigenvalue weighted by Crippen LogP contribution is -2.25. The molecule has 1 N–H and O–H groups in total. The first-order valence-corrected chi connectivity index (χ1v) is 8.24. The lowest BCUT2D eigenvalue weighted by molar-refractivity contribution is -0.139. The molecule has 126 valence electrons. The number of ether oxygens (including phenoxy) is 1. The molecule has 1 aromatic carbocycles. The van der Waals surface area contributed by atoms with Crippen LogP contribution < -0.4 is 4.74 Å². The summed E-state index contributed by atoms with van der Waals surface area (Å²) < 4.78 is 7.34. The van der Waals surface area contributed by atoms with Gasteiger partial charge in [0.25, 0.3) is 0 Å². The van der Waals surface area contributed by atoms with Crippen LogP contribution in [0.2, 0.25) is 0 Å². The number of fused-ring (bicyclic) bond motifs is 1. The predicted molar refractivity (Wildman–Crippen MR) is 87.7 cm³/mol. The van der Waals surface area contributed by atoms with Gasteiger partial charge in [-0.3, -0.25) is 14.4 Å². The number of aliphatic carboxylic acids is 1. The normalized spacial score (nSPS) is 25.5. The summed E-state index contributed by atoms with van der Waals surface area (Å²) in [6.45, 7) is 3.32. The van der Waals surface area contributed by atoms with E-state index in [-0.39, 0.29) is 5.92 Å². The van der Waals surface area contributed by atoms with Gasteiger partial charge < -0.3 is 9.84 Å². The van der Waals surface area contributed by atoms with Crippen LogP contribution in [0.15, 0.2) is 36.7 Å². The Hall–Kier alpha value is -2.34. The SMILES string of the molecule is COc1ccc(CN2C[C@@H]3C(C(=O)O)[C@@H]3C2)cc1Cn1cccn1. The molecule has 1 aliphatic carbocycles. The van der Waals surface area contributed by atoms with Crippen molar-refractivity contribution in [2.24, 2.45) is 17.8 Å². The summed E-state index contributed by atoms with van der Waals surface area (Å²) in [5.41, 5.74) is 2.33. The van der Waals surface area contributed by atoms with Gasteiger partial charge in [0.05, 0.1) is 19.6 Å². The maximum absolute atomic E-state index is 11.1. The molecule has 1 aromatic heterocycles. The third-order valence-electron chi connectivity index (χ3n) is 5.20. The largest absolute Gasteiger partial charge is 0.496 e. The second-order valence-electron chi connectivity index (χ2n) is 6.74. The van der Waals surface area contributed by atoms with E-state index in [2.05, 4.69) is 22.1 Å². The maximum atomic E-state index is 11.1. The molecular formula is C18H21N3O3. The first kappa shape index (κ1) is 15.2. The van der Waals surface area contributed by atoms with Gasteiger partial charge in [0.15, 0.2) is 0 Å². The van der Waals surface area contributed by atoms with E-state index in [4.69, 9.17) is 9.84 Å². The van der Waals surface area contributed by atoms with Crippen LogP contribution in [-0.4, -0.2) is 46.0 Å². The highest BCUT2D eigenvalue weighted by atomic mass is 16.5. The minimum Gasteiger partial charge on any atom is -0.496 e. The van der Waals surface area contributed by atoms with Crippen LogP contribution in [0.1, 0.15) is 11.1 Å². The Labute approximate surface area is 140 Å². The second kappa shape index (κ2) is 5.94. The molecule has 1 unspecified atom stereocenters. The fourth-order valence-electron chi connectivity index (χ4n) is 3.99. The molecular weight excluding hydrogens is 306 g/mol. The van der Waals surface area contributed by atoms with Crippen LogP contribution in [0, 0.1) is 17.8 Å². The summed E-state index contributed by atoms with van der Waals surface area (Å²) in [5.74, 6) is 0.834. The van der Waals surface area contributed by atoms with Crippen molar-refractivity contribution < 1.29 is 14.6 Å². The zero-order valence-corrected chi connectivity index (χ0v) is 13.6. The zero-order chi connectivity index (χ0) is 16.7. The third-order valence-corrected chi connectivity index (χ3v) is 5.20. The van der Waals surface area contributed by atoms with Crippen LogP contribution in [0.4, 0.5) is 0 Å². The number of hydrogen-bond donors (Lipinski definition) is 1. The molecule has 0 bridgehead atoms. The van der Waals surface area contributed by atoms with Crippen molar-refractivity contribution in [1.82, 2.24) is 14.7 Å². The average molecular weight is 327 g/mol. The quantitative estimate of drug-likeness (QED) is 0.875. The molecule has 0 amide bonds. The summed E-state index contributed by atoms with van der Waals surface area (Å²) in [5, 5.41) is 13.4. The van der Waals surface area contributed by atoms with E-state index in [1.807, 2.05) is 23.0 Å². The molecule has 0 spiro atoms. The van der Waals surface area contributed by atoms with Gasteiger partial charge in [-0.25, -0.2) is 0 Å². The fourth-order valence-corrected chi connectivity index (χ4v) is 3.99. The van der Waals surface area contributed by atoms with E-state index < -0.39 is 5.97 Å². The lowest BCUT2D eigenvalue weighted by atomic mass is 10.1. The Balaban J connectivity index is 1.44. The van der Waals surface area contributed by atoms with Crippen LogP contribution in [-0.2, 0) is 17.9 Å². The highest BCUT2D eigenvalue weighted by molar-refractivity contribution is 5.74. The van der Waals surface area contributed by atoms with Gasteiger partial charge in [-0.2, -0.15) is 5.10 Å². The van der Waals surface area contributed by atoms with Gasteiger partial charge in [0, 0.05) is 37.6 Å². The minimum atomic E-state index is -0.629. The van der Waals surface area contributed by atoms with E-state index in [1.54, 1.807) is 13.3 Å². The molecule has 1 saturated carbocycles. The van der Waals surface area contributed by atoms with Crippen molar-refractivity contribution in [1.29, 1.82) is 0 Å². The monoisotopic (exact) mass is 327 g/mol. The molecule has 2 heterocycles. The van der Waals surface area contributed by atoms with Crippen LogP contribution >= 0.6 is 0 Å². The highest BCUT2D eigenvalue weighted by Crippen LogP contribution is 2.52. The summed E-state index contributed by atoms with van der Waals surface area (Å²) in [4.78, 5) is 13.4. The summed E-state index contributed by atoms with van der Waals surface area (Å²) in [7, 11) is 1.68. The van der Waals surface area contributed by atoms with E-state index in [1.165, 1.54) is 5.56 Å². The number of likely N-dealkylation sites (tertiary alicyclic amines) is 1. The molecule has 2 aromatic rings. The van der Waals surface area contributed by atoms with Crippen molar-refractivity contribution in [3.8, 4) is 5.75 Å². The van der Waals surface area contributed by atoms with Gasteiger partial charge in [-0.15, -0.1) is 0 Å². The number of rotatable bonds is 6. The van der Waals surface area contributed by atoms with Crippen LogP contribution in [0.5, 0.6) is 5.75 Å². The standard InChI is InChI=1S/C18H21N3O3/c1-24-16-4-3-12(7-13(16)9-21-6-2-5-19-21)8-20-10-14-15(11-20)17(14)18(22)23/h2-7,14-15,17H,8-11H2,1H3,(H,22,23)/t14-,15+,17?. The summed E-state index contributed by atoms with van der Waals surface area (Å²) in [6, 6.07) is 8.17. The maximum Gasteiger partial charge on any atom is 0.307 e. The topological polar surface area (TPSA) is 67.6 Å². The number of hydrogen-bond acceptors (Lipinski definition) is 4. The number of aromatic nitrogens is 2. The number of nitrogens with zero attached hydrogens (tertiary/aromatic N) is 3. The van der Waals surface area contributed by atoms with Crippen molar-refractivity contribution in [3.05, 3.63) is 47.8 Å². The average Bonchev–Trinajstić information content (AvgIpc) is 2.93. The Bertz CT molecular complexity index is 732. The number of carboxylic acids is 1. The van der Waals surface area contributed by atoms with Crippen molar-refractivity contribution in [2.75, 3.05) is 20.2 Å². The van der Waals surface area contributed by atoms with Gasteiger partial charge >= 0.3 is 5.97 Å². The van der Waals surface area contributed by atoms with Crippen LogP contribution in [0.3, 0.4) is 0 Å². The van der Waals surface area contributed by atoms with E-state index >= 15 is 0 Å². The molecule has 6 nitrogen and oxygen atoms in total. The molecule has 6 heteroatoms. The molecule has 2 fully saturated rings. The second-order valence-corrected chi connectivity index (χ2v) is 6.74. The minimum absolute atomic E-state index is 0.104. The molecule has 1 aliphatic heterocycles. The van der Waals surface area contributed by atoms with Gasteiger partial charge in [0.1, 0.15) is 5.75 Å². The molecule has 0 radical (unpaired) electrons. The number of benzene rings is 1. The molecule has 1 saturated heterocycles. The van der Waals surface area contributed by atoms with Gasteiger partial charge in [0.2, 0.25) is 0 Å². The van der Waals surface area contributed by atoms with Gasteiger partial charge in [-0.05, 0) is 35.6 Å². The van der Waals surface area contributed by atoms with E-state index in [0.29, 0.717) is 18.4 Å². The zero-order valence-electron chi connectivity index (χ0n) is 13.6. The van der Waals surface area contributed by atoms with E-state index in [9.17, 15) is 4.79 Å². The highest BCUT2D eigenvalue weighted by Gasteiger charge is 2.59. The molecule has 24 heavy (non-hydrogen) atoms. The van der Waals surface area contributed by atoms with Crippen molar-refractivity contribution in [2.45, 2.75) is 13.1 Å². The van der Waals surface area contributed by atoms with E-state index in [0.717, 1.165) is 30.9 Å². The Morgan fingerprint density at radius 1 is 1.33 bits per heavy atom. The lowest BCUT2D eigenvalue weighted by Gasteiger charge is -2.19. The Morgan fingerprint density at radius 3 is 2.75 bits per heavy atom. The number of methoxy groups -OCH3 is 1. The first-order valence-electron chi connectivity index (χ1n) is 8.24. The smallest absolute Gasteiger partial charge is 0.307 e. The summed E-state index contributed by atoms with van der Waals surface area (Å²) in [6.07, 6.45) is 3.71. The first-order chi connectivity index (χ1) is 11.7. The van der Waals surface area contributed by atoms with Crippen molar-refractivity contribution in [3.63, 3.8) is 0 Å². The third kappa shape index (κ3) is 2.78. The Morgan fingerprint density at radius 2 is 2.12 bits per heavy atom. The van der Waals surface area contributed by atoms with Crippen molar-refractivity contribution >= 4 is 5.97 Å². The molecule has 4 rings (SSSR count). The van der Waals surface area contributed by atoms with Gasteiger partial charge in [-0.1, -0.05) is 6.07 Å².